The van der Waals surface area contributed by atoms with E-state index in [4.69, 9.17) is 5.26 Å². The van der Waals surface area contributed by atoms with Gasteiger partial charge in [0, 0.05) is 6.42 Å². The monoisotopic (exact) mass is 216 g/mol. The predicted octanol–water partition coefficient (Wildman–Crippen LogP) is 2.17. The fourth-order valence-electron chi connectivity index (χ4n) is 1.15. The van der Waals surface area contributed by atoms with Gasteiger partial charge in [0.1, 0.15) is 5.75 Å². The lowest BCUT2D eigenvalue weighted by molar-refractivity contribution is -0.116. The molecule has 0 aliphatic rings. The molecule has 82 valence electrons. The maximum absolute atomic E-state index is 11.4. The van der Waals surface area contributed by atoms with Crippen LogP contribution in [0.15, 0.2) is 30.9 Å². The van der Waals surface area contributed by atoms with Crippen LogP contribution in [0.25, 0.3) is 0 Å². The fourth-order valence-corrected chi connectivity index (χ4v) is 1.15. The van der Waals surface area contributed by atoms with E-state index < -0.39 is 0 Å². The van der Waals surface area contributed by atoms with Crippen molar-refractivity contribution in [1.82, 2.24) is 0 Å². The van der Waals surface area contributed by atoms with Crippen molar-refractivity contribution in [2.45, 2.75) is 12.8 Å². The van der Waals surface area contributed by atoms with Gasteiger partial charge in [-0.05, 0) is 24.6 Å². The summed E-state index contributed by atoms with van der Waals surface area (Å²) in [7, 11) is 0. The van der Waals surface area contributed by atoms with Crippen LogP contribution in [0.5, 0.6) is 5.75 Å². The van der Waals surface area contributed by atoms with Gasteiger partial charge >= 0.3 is 0 Å². The van der Waals surface area contributed by atoms with Gasteiger partial charge in [-0.15, -0.1) is 6.58 Å². The number of hydrogen-bond acceptors (Lipinski definition) is 3. The first kappa shape index (κ1) is 11.8. The zero-order valence-electron chi connectivity index (χ0n) is 8.73. The number of anilines is 1. The van der Waals surface area contributed by atoms with Crippen LogP contribution in [-0.2, 0) is 4.79 Å². The van der Waals surface area contributed by atoms with Crippen molar-refractivity contribution >= 4 is 11.6 Å². The number of nitrogens with zero attached hydrogens (tertiary/aromatic N) is 1. The van der Waals surface area contributed by atoms with Crippen LogP contribution in [0.4, 0.5) is 5.69 Å². The molecule has 0 unspecified atom stereocenters. The first-order valence-electron chi connectivity index (χ1n) is 4.81. The summed E-state index contributed by atoms with van der Waals surface area (Å²) in [6.07, 6.45) is 2.52. The Kier molecular flexibility index (Phi) is 4.10. The van der Waals surface area contributed by atoms with E-state index >= 15 is 0 Å². The topological polar surface area (TPSA) is 73.1 Å². The van der Waals surface area contributed by atoms with E-state index in [1.807, 2.05) is 6.07 Å². The molecule has 1 amide bonds. The standard InChI is InChI=1S/C12H12N2O2/c1-2-3-4-12(16)14-10-7-9(8-13)5-6-11(10)15/h2,5-7,15H,1,3-4H2,(H,14,16). The molecule has 2 N–H and O–H groups in total. The second kappa shape index (κ2) is 5.56. The van der Waals surface area contributed by atoms with Crippen LogP contribution in [0.3, 0.4) is 0 Å². The van der Waals surface area contributed by atoms with Gasteiger partial charge in [0.2, 0.25) is 5.91 Å². The third-order valence-corrected chi connectivity index (χ3v) is 1.98. The van der Waals surface area contributed by atoms with Gasteiger partial charge in [0.25, 0.3) is 0 Å². The summed E-state index contributed by atoms with van der Waals surface area (Å²) in [5.74, 6) is -0.267. The number of nitrogens with one attached hydrogen (secondary N) is 1. The van der Waals surface area contributed by atoms with E-state index in [0.29, 0.717) is 18.4 Å². The maximum Gasteiger partial charge on any atom is 0.224 e. The number of rotatable bonds is 4. The van der Waals surface area contributed by atoms with E-state index in [-0.39, 0.29) is 17.3 Å². The highest BCUT2D eigenvalue weighted by Gasteiger charge is 2.06. The van der Waals surface area contributed by atoms with E-state index in [0.717, 1.165) is 0 Å². The Morgan fingerprint density at radius 2 is 2.38 bits per heavy atom. The van der Waals surface area contributed by atoms with Crippen molar-refractivity contribution in [3.8, 4) is 11.8 Å². The molecule has 0 saturated carbocycles. The summed E-state index contributed by atoms with van der Waals surface area (Å²) in [5, 5.41) is 20.7. The van der Waals surface area contributed by atoms with Gasteiger partial charge in [-0.2, -0.15) is 5.26 Å². The highest BCUT2D eigenvalue weighted by molar-refractivity contribution is 5.92. The number of nitriles is 1. The van der Waals surface area contributed by atoms with Crippen molar-refractivity contribution in [1.29, 1.82) is 5.26 Å². The Morgan fingerprint density at radius 3 is 3.00 bits per heavy atom. The second-order valence-electron chi connectivity index (χ2n) is 3.22. The summed E-state index contributed by atoms with van der Waals surface area (Å²) >= 11 is 0. The molecule has 0 bridgehead atoms. The van der Waals surface area contributed by atoms with Crippen LogP contribution in [0.1, 0.15) is 18.4 Å². The smallest absolute Gasteiger partial charge is 0.224 e. The van der Waals surface area contributed by atoms with Gasteiger partial charge in [-0.3, -0.25) is 4.79 Å². The van der Waals surface area contributed by atoms with Crippen LogP contribution in [0.2, 0.25) is 0 Å². The number of phenols is 1. The lowest BCUT2D eigenvalue weighted by Crippen LogP contribution is -2.10. The van der Waals surface area contributed by atoms with Gasteiger partial charge in [0.05, 0.1) is 17.3 Å². The van der Waals surface area contributed by atoms with Gasteiger partial charge in [-0.1, -0.05) is 6.08 Å². The summed E-state index contributed by atoms with van der Waals surface area (Å²) in [6.45, 7) is 3.51. The average Bonchev–Trinajstić information content (AvgIpc) is 2.29. The van der Waals surface area contributed by atoms with Crippen molar-refractivity contribution in [3.05, 3.63) is 36.4 Å². The minimum absolute atomic E-state index is 0.0500. The van der Waals surface area contributed by atoms with Crippen molar-refractivity contribution < 1.29 is 9.90 Å². The van der Waals surface area contributed by atoms with Gasteiger partial charge in [0.15, 0.2) is 0 Å². The lowest BCUT2D eigenvalue weighted by Gasteiger charge is -2.06. The largest absolute Gasteiger partial charge is 0.506 e. The molecule has 0 radical (unpaired) electrons. The molecule has 16 heavy (non-hydrogen) atoms. The minimum Gasteiger partial charge on any atom is -0.506 e. The molecule has 1 aromatic carbocycles. The quantitative estimate of drug-likeness (QED) is 0.598. The van der Waals surface area contributed by atoms with E-state index in [2.05, 4.69) is 11.9 Å². The molecule has 0 aliphatic carbocycles. The van der Waals surface area contributed by atoms with E-state index in [1.165, 1.54) is 18.2 Å². The number of benzene rings is 1. The number of carbonyl (C=O) groups is 1. The van der Waals surface area contributed by atoms with Crippen LogP contribution < -0.4 is 5.32 Å². The molecular formula is C12H12N2O2. The van der Waals surface area contributed by atoms with Crippen LogP contribution in [0, 0.1) is 11.3 Å². The first-order chi connectivity index (χ1) is 7.67. The molecule has 0 aliphatic heterocycles. The molecule has 0 fully saturated rings. The summed E-state index contributed by atoms with van der Waals surface area (Å²) in [5.41, 5.74) is 0.643. The summed E-state index contributed by atoms with van der Waals surface area (Å²) in [6, 6.07) is 6.22. The molecule has 0 atom stereocenters. The maximum atomic E-state index is 11.4. The molecule has 1 rings (SSSR count). The third-order valence-electron chi connectivity index (χ3n) is 1.98. The van der Waals surface area contributed by atoms with E-state index in [9.17, 15) is 9.90 Å². The number of carbonyl (C=O) groups excluding carboxylic acids is 1. The Balaban J connectivity index is 2.76. The summed E-state index contributed by atoms with van der Waals surface area (Å²) in [4.78, 5) is 11.4. The molecular weight excluding hydrogens is 204 g/mol. The molecule has 1 aromatic rings. The molecule has 4 nitrogen and oxygen atoms in total. The van der Waals surface area contributed by atoms with Crippen molar-refractivity contribution in [2.75, 3.05) is 5.32 Å². The van der Waals surface area contributed by atoms with Crippen molar-refractivity contribution in [3.63, 3.8) is 0 Å². The van der Waals surface area contributed by atoms with E-state index in [1.54, 1.807) is 6.08 Å². The second-order valence-corrected chi connectivity index (χ2v) is 3.22. The normalized spacial score (nSPS) is 9.19. The molecule has 0 heterocycles. The van der Waals surface area contributed by atoms with Gasteiger partial charge < -0.3 is 10.4 Å². The average molecular weight is 216 g/mol. The van der Waals surface area contributed by atoms with Crippen molar-refractivity contribution in [2.24, 2.45) is 0 Å². The number of allylic oxidation sites excluding steroid dienone is 1. The molecule has 0 saturated heterocycles. The van der Waals surface area contributed by atoms with Crippen LogP contribution in [-0.4, -0.2) is 11.0 Å². The zero-order valence-corrected chi connectivity index (χ0v) is 8.73. The van der Waals surface area contributed by atoms with Crippen LogP contribution >= 0.6 is 0 Å². The number of phenolic OH excluding ortho intramolecular Hbond substituents is 1. The first-order valence-corrected chi connectivity index (χ1v) is 4.81. The highest BCUT2D eigenvalue weighted by atomic mass is 16.3. The molecule has 4 heteroatoms. The summed E-state index contributed by atoms with van der Waals surface area (Å²) < 4.78 is 0. The lowest BCUT2D eigenvalue weighted by atomic mass is 10.2. The fraction of sp³-hybridized carbons (Fsp3) is 0.167. The predicted molar refractivity (Wildman–Crippen MR) is 60.9 cm³/mol. The molecule has 0 spiro atoms. The van der Waals surface area contributed by atoms with Gasteiger partial charge in [-0.25, -0.2) is 0 Å². The number of aromatic hydroxyl groups is 1. The third kappa shape index (κ3) is 3.14. The Morgan fingerprint density at radius 1 is 1.62 bits per heavy atom. The number of hydrogen-bond donors (Lipinski definition) is 2. The number of amides is 1. The Labute approximate surface area is 93.8 Å². The SMILES string of the molecule is C=CCCC(=O)Nc1cc(C#N)ccc1O. The Hall–Kier alpha value is -2.28. The molecule has 0 aromatic heterocycles. The highest BCUT2D eigenvalue weighted by Crippen LogP contribution is 2.24. The minimum atomic E-state index is -0.217. The zero-order chi connectivity index (χ0) is 12.0. The Bertz CT molecular complexity index is 447.